The van der Waals surface area contributed by atoms with E-state index in [2.05, 4.69) is 5.32 Å². The van der Waals surface area contributed by atoms with Crippen molar-refractivity contribution >= 4 is 23.4 Å². The number of nitrogens with one attached hydrogen (secondary N) is 1. The molecule has 0 radical (unpaired) electrons. The SMILES string of the molecule is CCOC(=O)C(NCc1ccc(OC)c(-c2ccc(O)c3c2C[C@H]2C[C@H]4[C@H](N(C)C)C(O)=C(C(N)=O)C(=O)[C@@]4(O)C(O)=C2C3=O)c1)C(C)C. The predicted octanol–water partition coefficient (Wildman–Crippen LogP) is 2.47. The first kappa shape index (κ1) is 35.6. The van der Waals surface area contributed by atoms with Crippen LogP contribution in [-0.2, 0) is 32.1 Å². The highest BCUT2D eigenvalue weighted by Crippen LogP contribution is 2.53. The van der Waals surface area contributed by atoms with Gasteiger partial charge in [0.2, 0.25) is 5.78 Å². The van der Waals surface area contributed by atoms with E-state index < -0.39 is 64.1 Å². The van der Waals surface area contributed by atoms with Crippen LogP contribution in [0, 0.1) is 17.8 Å². The zero-order chi connectivity index (χ0) is 36.1. The molecule has 3 aliphatic carbocycles. The number of methoxy groups -OCH3 is 1. The summed E-state index contributed by atoms with van der Waals surface area (Å²) in [6.07, 6.45) is 0.0780. The van der Waals surface area contributed by atoms with Gasteiger partial charge in [-0.3, -0.25) is 24.1 Å². The van der Waals surface area contributed by atoms with Crippen molar-refractivity contribution in [3.63, 3.8) is 0 Å². The van der Waals surface area contributed by atoms with Gasteiger partial charge in [-0.25, -0.2) is 0 Å². The number of nitrogens with zero attached hydrogens (tertiary/aromatic N) is 1. The topological polar surface area (TPSA) is 209 Å². The van der Waals surface area contributed by atoms with Gasteiger partial charge in [0.05, 0.1) is 25.3 Å². The normalized spacial score (nSPS) is 24.1. The van der Waals surface area contributed by atoms with Gasteiger partial charge in [-0.1, -0.05) is 26.0 Å². The molecule has 2 aromatic rings. The molecule has 1 unspecified atom stereocenters. The molecule has 7 N–H and O–H groups in total. The molecule has 0 spiro atoms. The van der Waals surface area contributed by atoms with Crippen LogP contribution in [0.2, 0.25) is 0 Å². The van der Waals surface area contributed by atoms with Crippen LogP contribution >= 0.6 is 0 Å². The number of allylic oxidation sites excluding steroid dienone is 1. The Kier molecular flexibility index (Phi) is 9.66. The van der Waals surface area contributed by atoms with Crippen LogP contribution in [0.5, 0.6) is 11.5 Å². The Labute approximate surface area is 284 Å². The fourth-order valence-corrected chi connectivity index (χ4v) is 7.63. The summed E-state index contributed by atoms with van der Waals surface area (Å²) < 4.78 is 10.9. The smallest absolute Gasteiger partial charge is 0.323 e. The van der Waals surface area contributed by atoms with E-state index >= 15 is 0 Å². The van der Waals surface area contributed by atoms with Crippen molar-refractivity contribution in [3.8, 4) is 22.6 Å². The number of esters is 1. The maximum atomic E-state index is 14.2. The number of benzene rings is 2. The third-order valence-corrected chi connectivity index (χ3v) is 9.89. The zero-order valence-electron chi connectivity index (χ0n) is 28.4. The summed E-state index contributed by atoms with van der Waals surface area (Å²) in [5, 5.41) is 48.8. The fourth-order valence-electron chi connectivity index (χ4n) is 7.63. The van der Waals surface area contributed by atoms with Gasteiger partial charge in [-0.05, 0) is 80.6 Å². The van der Waals surface area contributed by atoms with Crippen LogP contribution in [0.15, 0.2) is 53.0 Å². The van der Waals surface area contributed by atoms with Crippen LogP contribution in [0.1, 0.15) is 48.7 Å². The number of hydrogen-bond donors (Lipinski definition) is 6. The number of nitrogens with two attached hydrogens (primary N) is 1. The van der Waals surface area contributed by atoms with Gasteiger partial charge in [0.15, 0.2) is 11.4 Å². The van der Waals surface area contributed by atoms with E-state index in [1.165, 1.54) is 18.1 Å². The summed E-state index contributed by atoms with van der Waals surface area (Å²) in [6.45, 7) is 6.15. The Morgan fingerprint density at radius 3 is 2.39 bits per heavy atom. The van der Waals surface area contributed by atoms with Crippen molar-refractivity contribution in [1.82, 2.24) is 10.2 Å². The summed E-state index contributed by atoms with van der Waals surface area (Å²) >= 11 is 0. The molecule has 0 heterocycles. The summed E-state index contributed by atoms with van der Waals surface area (Å²) in [5.74, 6) is -7.06. The first-order chi connectivity index (χ1) is 23.1. The number of phenolic OH excluding ortho intramolecular Hbond substituents is 1. The molecule has 0 saturated carbocycles. The van der Waals surface area contributed by atoms with E-state index in [1.54, 1.807) is 33.2 Å². The molecular weight excluding hydrogens is 634 g/mol. The number of aliphatic hydroxyl groups excluding tert-OH is 2. The van der Waals surface area contributed by atoms with E-state index in [1.807, 2.05) is 26.0 Å². The molecule has 0 aromatic heterocycles. The number of ketones is 2. The van der Waals surface area contributed by atoms with E-state index in [0.29, 0.717) is 29.0 Å². The van der Waals surface area contributed by atoms with Gasteiger partial charge in [-0.2, -0.15) is 0 Å². The first-order valence-electron chi connectivity index (χ1n) is 16.2. The molecule has 13 heteroatoms. The number of likely N-dealkylation sites (N-methyl/N-ethyl adjacent to an activating group) is 1. The summed E-state index contributed by atoms with van der Waals surface area (Å²) in [5.41, 5.74) is 3.95. The molecule has 5 atom stereocenters. The Hall–Kier alpha value is -4.72. The number of Topliss-reactive ketones (excluding diaryl/α,β-unsaturated/α-hetero) is 2. The minimum Gasteiger partial charge on any atom is -0.510 e. The van der Waals surface area contributed by atoms with Crippen LogP contribution in [0.3, 0.4) is 0 Å². The van der Waals surface area contributed by atoms with E-state index in [0.717, 1.165) is 5.56 Å². The van der Waals surface area contributed by atoms with Gasteiger partial charge in [-0.15, -0.1) is 0 Å². The number of primary amides is 1. The standard InChI is InChI=1S/C36H43N3O10/c1-7-49-35(46)28(16(2)3)38-15-17-8-11-24(48-6)20(12-17)19-9-10-23(40)26-21(19)13-18-14-22-29(39(4)5)31(42)27(34(37)45)33(44)36(22,47)32(43)25(18)30(26)41/h8-12,16,18,22,28-29,38,40,42-43,47H,7,13-15H2,1-6H3,(H2,37,45)/t18-,22-,28?,29-,36-/m0/s1. The predicted molar refractivity (Wildman–Crippen MR) is 178 cm³/mol. The maximum Gasteiger partial charge on any atom is 0.323 e. The molecule has 1 amide bonds. The summed E-state index contributed by atoms with van der Waals surface area (Å²) in [7, 11) is 4.66. The quantitative estimate of drug-likeness (QED) is 0.158. The Morgan fingerprint density at radius 2 is 1.80 bits per heavy atom. The number of rotatable bonds is 10. The average molecular weight is 678 g/mol. The van der Waals surface area contributed by atoms with Gasteiger partial charge < -0.3 is 41.0 Å². The minimum atomic E-state index is -2.72. The van der Waals surface area contributed by atoms with Crippen LogP contribution in [-0.4, -0.2) is 94.3 Å². The van der Waals surface area contributed by atoms with E-state index in [4.69, 9.17) is 15.2 Å². The highest BCUT2D eigenvalue weighted by molar-refractivity contribution is 6.25. The lowest BCUT2D eigenvalue weighted by molar-refractivity contribution is -0.148. The number of phenols is 1. The van der Waals surface area contributed by atoms with Gasteiger partial charge in [0.25, 0.3) is 5.91 Å². The zero-order valence-corrected chi connectivity index (χ0v) is 28.4. The molecule has 13 nitrogen and oxygen atoms in total. The van der Waals surface area contributed by atoms with Crippen molar-refractivity contribution in [2.45, 2.75) is 57.8 Å². The molecule has 0 saturated heterocycles. The van der Waals surface area contributed by atoms with Crippen LogP contribution in [0.4, 0.5) is 0 Å². The Morgan fingerprint density at radius 1 is 1.10 bits per heavy atom. The number of carbonyl (C=O) groups excluding carboxylic acids is 4. The summed E-state index contributed by atoms with van der Waals surface area (Å²) in [4.78, 5) is 54.1. The van der Waals surface area contributed by atoms with Crippen LogP contribution < -0.4 is 15.8 Å². The number of aromatic hydroxyl groups is 1. The molecule has 0 fully saturated rings. The lowest BCUT2D eigenvalue weighted by Crippen LogP contribution is -2.63. The Balaban J connectivity index is 1.61. The first-order valence-corrected chi connectivity index (χ1v) is 16.2. The molecule has 3 aliphatic rings. The molecule has 0 aliphatic heterocycles. The van der Waals surface area contributed by atoms with E-state index in [-0.39, 0.29) is 48.2 Å². The second-order valence-corrected chi connectivity index (χ2v) is 13.3. The highest BCUT2D eigenvalue weighted by Gasteiger charge is 2.63. The number of hydrogen-bond acceptors (Lipinski definition) is 12. The third-order valence-electron chi connectivity index (χ3n) is 9.89. The number of fused-ring (bicyclic) bond motifs is 3. The maximum absolute atomic E-state index is 14.2. The van der Waals surface area contributed by atoms with Crippen molar-refractivity contribution in [3.05, 3.63) is 69.7 Å². The highest BCUT2D eigenvalue weighted by atomic mass is 16.5. The molecule has 2 aromatic carbocycles. The Bertz CT molecular complexity index is 1790. The van der Waals surface area contributed by atoms with Gasteiger partial charge in [0, 0.05) is 23.6 Å². The number of carbonyl (C=O) groups is 4. The number of aliphatic hydroxyl groups is 3. The molecular formula is C36H43N3O10. The van der Waals surface area contributed by atoms with Crippen molar-refractivity contribution in [2.75, 3.05) is 27.8 Å². The van der Waals surface area contributed by atoms with Crippen LogP contribution in [0.25, 0.3) is 11.1 Å². The number of ether oxygens (including phenoxy) is 2. The second kappa shape index (κ2) is 13.3. The molecule has 49 heavy (non-hydrogen) atoms. The second-order valence-electron chi connectivity index (χ2n) is 13.3. The van der Waals surface area contributed by atoms with Gasteiger partial charge >= 0.3 is 5.97 Å². The number of amides is 1. The van der Waals surface area contributed by atoms with Crippen molar-refractivity contribution in [2.24, 2.45) is 23.5 Å². The third kappa shape index (κ3) is 5.75. The fraction of sp³-hybridized carbons (Fsp3) is 0.444. The van der Waals surface area contributed by atoms with Crippen molar-refractivity contribution in [1.29, 1.82) is 0 Å². The van der Waals surface area contributed by atoms with Crippen molar-refractivity contribution < 1.29 is 49.1 Å². The summed E-state index contributed by atoms with van der Waals surface area (Å²) in [6, 6.07) is 6.86. The molecule has 5 rings (SSSR count). The minimum absolute atomic E-state index is 0.0353. The van der Waals surface area contributed by atoms with Gasteiger partial charge in [0.1, 0.15) is 34.6 Å². The molecule has 0 bridgehead atoms. The lowest BCUT2D eigenvalue weighted by atomic mass is 9.58. The monoisotopic (exact) mass is 677 g/mol. The average Bonchev–Trinajstić information content (AvgIpc) is 3.02. The lowest BCUT2D eigenvalue weighted by Gasteiger charge is -2.50. The molecule has 262 valence electrons. The largest absolute Gasteiger partial charge is 0.510 e. The van der Waals surface area contributed by atoms with E-state index in [9.17, 15) is 39.6 Å².